The normalized spacial score (nSPS) is 10.6. The van der Waals surface area contributed by atoms with Crippen LogP contribution in [-0.4, -0.2) is 4.98 Å². The molecular formula is C10H6ClF2NS. The molecule has 0 fully saturated rings. The fourth-order valence-corrected chi connectivity index (χ4v) is 2.17. The minimum Gasteiger partial charge on any atom is -0.244 e. The van der Waals surface area contributed by atoms with Crippen LogP contribution in [0, 0.1) is 11.6 Å². The molecule has 0 N–H and O–H groups in total. The van der Waals surface area contributed by atoms with Gasteiger partial charge in [-0.3, -0.25) is 0 Å². The van der Waals surface area contributed by atoms with Crippen LogP contribution in [0.1, 0.15) is 4.88 Å². The Labute approximate surface area is 94.3 Å². The molecule has 0 aliphatic carbocycles. The van der Waals surface area contributed by atoms with E-state index in [4.69, 9.17) is 11.6 Å². The van der Waals surface area contributed by atoms with Crippen LogP contribution in [0.3, 0.4) is 0 Å². The number of nitrogens with zero attached hydrogens (tertiary/aromatic N) is 1. The molecule has 0 unspecified atom stereocenters. The summed E-state index contributed by atoms with van der Waals surface area (Å²) in [4.78, 5) is 4.82. The highest BCUT2D eigenvalue weighted by Crippen LogP contribution is 2.28. The molecule has 0 saturated heterocycles. The topological polar surface area (TPSA) is 12.9 Å². The standard InChI is InChI=1S/C10H6ClF2NS/c11-4-7-5-14-10(15-7)8-3-6(12)1-2-9(8)13/h1-3,5H,4H2. The number of halogens is 3. The predicted molar refractivity (Wildman–Crippen MR) is 57.0 cm³/mol. The van der Waals surface area contributed by atoms with Gasteiger partial charge in [-0.25, -0.2) is 13.8 Å². The van der Waals surface area contributed by atoms with Crippen molar-refractivity contribution in [2.75, 3.05) is 0 Å². The zero-order valence-corrected chi connectivity index (χ0v) is 9.08. The molecule has 0 aliphatic rings. The van der Waals surface area contributed by atoms with Crippen molar-refractivity contribution in [2.45, 2.75) is 5.88 Å². The summed E-state index contributed by atoms with van der Waals surface area (Å²) in [5.41, 5.74) is 0.177. The van der Waals surface area contributed by atoms with E-state index in [1.807, 2.05) is 0 Å². The number of aromatic nitrogens is 1. The largest absolute Gasteiger partial charge is 0.244 e. The van der Waals surface area contributed by atoms with Gasteiger partial charge in [0.1, 0.15) is 16.6 Å². The van der Waals surface area contributed by atoms with E-state index in [1.165, 1.54) is 11.3 Å². The smallest absolute Gasteiger partial charge is 0.133 e. The third-order valence-electron chi connectivity index (χ3n) is 1.84. The Morgan fingerprint density at radius 1 is 1.33 bits per heavy atom. The molecule has 0 atom stereocenters. The van der Waals surface area contributed by atoms with Gasteiger partial charge in [0.05, 0.1) is 5.88 Å². The molecule has 1 aromatic carbocycles. The molecule has 78 valence electrons. The number of thiazole rings is 1. The van der Waals surface area contributed by atoms with Gasteiger partial charge in [0, 0.05) is 16.6 Å². The molecule has 2 rings (SSSR count). The van der Waals surface area contributed by atoms with Gasteiger partial charge < -0.3 is 0 Å². The van der Waals surface area contributed by atoms with E-state index in [-0.39, 0.29) is 5.56 Å². The van der Waals surface area contributed by atoms with Gasteiger partial charge in [-0.15, -0.1) is 22.9 Å². The second-order valence-corrected chi connectivity index (χ2v) is 4.27. The van der Waals surface area contributed by atoms with Crippen molar-refractivity contribution in [1.29, 1.82) is 0 Å². The van der Waals surface area contributed by atoms with E-state index in [0.717, 1.165) is 23.1 Å². The molecule has 0 radical (unpaired) electrons. The number of alkyl halides is 1. The third kappa shape index (κ3) is 2.16. The van der Waals surface area contributed by atoms with Crippen LogP contribution >= 0.6 is 22.9 Å². The van der Waals surface area contributed by atoms with E-state index in [9.17, 15) is 8.78 Å². The van der Waals surface area contributed by atoms with Crippen molar-refractivity contribution in [3.63, 3.8) is 0 Å². The summed E-state index contributed by atoms with van der Waals surface area (Å²) in [6.07, 6.45) is 1.57. The van der Waals surface area contributed by atoms with Gasteiger partial charge in [0.2, 0.25) is 0 Å². The molecule has 2 aromatic rings. The lowest BCUT2D eigenvalue weighted by molar-refractivity contribution is 0.603. The molecule has 1 nitrogen and oxygen atoms in total. The third-order valence-corrected chi connectivity index (χ3v) is 3.32. The van der Waals surface area contributed by atoms with E-state index < -0.39 is 11.6 Å². The molecule has 15 heavy (non-hydrogen) atoms. The van der Waals surface area contributed by atoms with E-state index in [0.29, 0.717) is 10.9 Å². The Kier molecular flexibility index (Phi) is 2.98. The summed E-state index contributed by atoms with van der Waals surface area (Å²) >= 11 is 6.86. The maximum atomic E-state index is 13.3. The summed E-state index contributed by atoms with van der Waals surface area (Å²) in [6.45, 7) is 0. The molecular weight excluding hydrogens is 240 g/mol. The first-order chi connectivity index (χ1) is 7.20. The summed E-state index contributed by atoms with van der Waals surface area (Å²) < 4.78 is 26.2. The number of hydrogen-bond acceptors (Lipinski definition) is 2. The minimum absolute atomic E-state index is 0.177. The van der Waals surface area contributed by atoms with Crippen molar-refractivity contribution >= 4 is 22.9 Å². The summed E-state index contributed by atoms with van der Waals surface area (Å²) in [5.74, 6) is -0.630. The molecule has 5 heteroatoms. The van der Waals surface area contributed by atoms with Crippen LogP contribution in [0.5, 0.6) is 0 Å². The zero-order valence-electron chi connectivity index (χ0n) is 7.51. The first kappa shape index (κ1) is 10.5. The first-order valence-corrected chi connectivity index (χ1v) is 5.52. The maximum absolute atomic E-state index is 13.3. The van der Waals surface area contributed by atoms with Crippen LogP contribution in [0.2, 0.25) is 0 Å². The fraction of sp³-hybridized carbons (Fsp3) is 0.100. The van der Waals surface area contributed by atoms with Crippen molar-refractivity contribution in [3.8, 4) is 10.6 Å². The lowest BCUT2D eigenvalue weighted by atomic mass is 10.2. The zero-order chi connectivity index (χ0) is 10.8. The van der Waals surface area contributed by atoms with Crippen molar-refractivity contribution in [1.82, 2.24) is 4.98 Å². The van der Waals surface area contributed by atoms with Gasteiger partial charge in [-0.1, -0.05) is 0 Å². The molecule has 1 heterocycles. The van der Waals surface area contributed by atoms with Crippen LogP contribution in [0.15, 0.2) is 24.4 Å². The average molecular weight is 246 g/mol. The summed E-state index contributed by atoms with van der Waals surface area (Å²) in [5, 5.41) is 0.447. The van der Waals surface area contributed by atoms with Crippen molar-refractivity contribution in [3.05, 3.63) is 40.9 Å². The lowest BCUT2D eigenvalue weighted by Gasteiger charge is -1.98. The predicted octanol–water partition coefficient (Wildman–Crippen LogP) is 3.83. The fourth-order valence-electron chi connectivity index (χ4n) is 1.16. The summed E-state index contributed by atoms with van der Waals surface area (Å²) in [6, 6.07) is 3.30. The Morgan fingerprint density at radius 3 is 2.80 bits per heavy atom. The van der Waals surface area contributed by atoms with Crippen LogP contribution in [-0.2, 0) is 5.88 Å². The highest BCUT2D eigenvalue weighted by molar-refractivity contribution is 7.15. The first-order valence-electron chi connectivity index (χ1n) is 4.17. The SMILES string of the molecule is Fc1ccc(F)c(-c2ncc(CCl)s2)c1. The molecule has 0 saturated carbocycles. The van der Waals surface area contributed by atoms with Gasteiger partial charge in [0.15, 0.2) is 0 Å². The number of rotatable bonds is 2. The molecule has 0 spiro atoms. The summed E-state index contributed by atoms with van der Waals surface area (Å²) in [7, 11) is 0. The Bertz CT molecular complexity index is 484. The van der Waals surface area contributed by atoms with Crippen molar-refractivity contribution in [2.24, 2.45) is 0 Å². The molecule has 0 bridgehead atoms. The maximum Gasteiger partial charge on any atom is 0.133 e. The van der Waals surface area contributed by atoms with Gasteiger partial charge in [0.25, 0.3) is 0 Å². The molecule has 0 amide bonds. The van der Waals surface area contributed by atoms with Crippen LogP contribution in [0.4, 0.5) is 8.78 Å². The highest BCUT2D eigenvalue weighted by Gasteiger charge is 2.10. The quantitative estimate of drug-likeness (QED) is 0.733. The van der Waals surface area contributed by atoms with Gasteiger partial charge in [-0.05, 0) is 18.2 Å². The molecule has 1 aromatic heterocycles. The van der Waals surface area contributed by atoms with Crippen LogP contribution < -0.4 is 0 Å². The minimum atomic E-state index is -0.480. The van der Waals surface area contributed by atoms with Crippen molar-refractivity contribution < 1.29 is 8.78 Å². The van der Waals surface area contributed by atoms with Crippen LogP contribution in [0.25, 0.3) is 10.6 Å². The highest BCUT2D eigenvalue weighted by atomic mass is 35.5. The monoisotopic (exact) mass is 245 g/mol. The van der Waals surface area contributed by atoms with Gasteiger partial charge in [-0.2, -0.15) is 0 Å². The second-order valence-electron chi connectivity index (χ2n) is 2.89. The number of benzene rings is 1. The average Bonchev–Trinajstić information content (AvgIpc) is 2.70. The van der Waals surface area contributed by atoms with E-state index in [2.05, 4.69) is 4.98 Å². The lowest BCUT2D eigenvalue weighted by Crippen LogP contribution is -1.84. The van der Waals surface area contributed by atoms with E-state index in [1.54, 1.807) is 6.20 Å². The Hall–Kier alpha value is -1.000. The Balaban J connectivity index is 2.48. The number of hydrogen-bond donors (Lipinski definition) is 0. The van der Waals surface area contributed by atoms with E-state index >= 15 is 0 Å². The Morgan fingerprint density at radius 2 is 2.13 bits per heavy atom. The molecule has 0 aliphatic heterocycles. The second kappa shape index (κ2) is 4.24. The van der Waals surface area contributed by atoms with Gasteiger partial charge >= 0.3 is 0 Å².